The lowest BCUT2D eigenvalue weighted by molar-refractivity contribution is -0.904. The fourth-order valence-corrected chi connectivity index (χ4v) is 3.65. The first kappa shape index (κ1) is 20.4. The van der Waals surface area contributed by atoms with Gasteiger partial charge in [0.05, 0.1) is 12.2 Å². The third-order valence-corrected chi connectivity index (χ3v) is 4.94. The molecule has 6 nitrogen and oxygen atoms in total. The maximum atomic E-state index is 12.2. The highest BCUT2D eigenvalue weighted by atomic mass is 35.5. The molecule has 1 unspecified atom stereocenters. The number of hydrogen-bond acceptors (Lipinski definition) is 4. The molecule has 1 atom stereocenters. The summed E-state index contributed by atoms with van der Waals surface area (Å²) in [6.07, 6.45) is 0. The molecule has 0 bridgehead atoms. The Morgan fingerprint density at radius 3 is 2.73 bits per heavy atom. The molecule has 8 heteroatoms. The monoisotopic (exact) mass is 395 g/mol. The first-order chi connectivity index (χ1) is 12.4. The number of likely N-dealkylation sites (N-methyl/N-ethyl adjacent to an activating group) is 2. The minimum atomic E-state index is -0.129. The van der Waals surface area contributed by atoms with E-state index in [1.807, 2.05) is 25.3 Å². The molecule has 2 N–H and O–H groups in total. The SMILES string of the molecule is CCNC(=O)C[NH+](CC)Cc1csc(N(C(C)=O)c2cccc(Cl)c2)n1. The van der Waals surface area contributed by atoms with Crippen molar-refractivity contribution in [2.24, 2.45) is 0 Å². The van der Waals surface area contributed by atoms with Crippen molar-refractivity contribution in [2.75, 3.05) is 24.5 Å². The smallest absolute Gasteiger partial charge is 0.275 e. The molecule has 2 rings (SSSR count). The third-order valence-electron chi connectivity index (χ3n) is 3.83. The molecule has 0 saturated heterocycles. The Hall–Kier alpha value is -1.96. The number of aromatic nitrogens is 1. The number of halogens is 1. The molecule has 1 heterocycles. The zero-order chi connectivity index (χ0) is 19.1. The molecule has 2 aromatic rings. The standard InChI is InChI=1S/C18H23ClN4O2S/c1-4-20-17(25)11-22(5-2)10-15-12-26-18(21-15)23(13(3)24)16-8-6-7-14(19)9-16/h6-9,12H,4-5,10-11H2,1-3H3,(H,20,25)/p+1. The molecule has 1 aromatic heterocycles. The Kier molecular flexibility index (Phi) is 7.56. The van der Waals surface area contributed by atoms with E-state index >= 15 is 0 Å². The van der Waals surface area contributed by atoms with Gasteiger partial charge in [0.2, 0.25) is 5.91 Å². The van der Waals surface area contributed by atoms with Gasteiger partial charge >= 0.3 is 0 Å². The summed E-state index contributed by atoms with van der Waals surface area (Å²) in [5.41, 5.74) is 1.55. The lowest BCUT2D eigenvalue weighted by Gasteiger charge is -2.18. The van der Waals surface area contributed by atoms with Crippen molar-refractivity contribution in [1.82, 2.24) is 10.3 Å². The fraction of sp³-hybridized carbons (Fsp3) is 0.389. The summed E-state index contributed by atoms with van der Waals surface area (Å²) in [7, 11) is 0. The first-order valence-corrected chi connectivity index (χ1v) is 9.81. The number of carbonyl (C=O) groups excluding carboxylic acids is 2. The molecule has 0 radical (unpaired) electrons. The van der Waals surface area contributed by atoms with E-state index in [1.165, 1.54) is 18.3 Å². The van der Waals surface area contributed by atoms with E-state index in [2.05, 4.69) is 10.3 Å². The van der Waals surface area contributed by atoms with Crippen molar-refractivity contribution in [3.63, 3.8) is 0 Å². The number of quaternary nitrogens is 1. The maximum Gasteiger partial charge on any atom is 0.275 e. The number of thiazole rings is 1. The van der Waals surface area contributed by atoms with Gasteiger partial charge in [-0.2, -0.15) is 0 Å². The lowest BCUT2D eigenvalue weighted by atomic mass is 10.3. The van der Waals surface area contributed by atoms with E-state index < -0.39 is 0 Å². The quantitative estimate of drug-likeness (QED) is 0.718. The minimum absolute atomic E-state index is 0.0316. The van der Waals surface area contributed by atoms with Gasteiger partial charge in [-0.3, -0.25) is 14.5 Å². The summed E-state index contributed by atoms with van der Waals surface area (Å²) >= 11 is 7.46. The van der Waals surface area contributed by atoms with Crippen molar-refractivity contribution in [1.29, 1.82) is 0 Å². The van der Waals surface area contributed by atoms with Gasteiger partial charge in [0.1, 0.15) is 12.2 Å². The molecular weight excluding hydrogens is 372 g/mol. The van der Waals surface area contributed by atoms with Crippen molar-refractivity contribution >= 4 is 45.6 Å². The van der Waals surface area contributed by atoms with E-state index in [0.717, 1.165) is 17.1 Å². The van der Waals surface area contributed by atoms with Gasteiger partial charge in [0.25, 0.3) is 5.91 Å². The Morgan fingerprint density at radius 1 is 1.35 bits per heavy atom. The minimum Gasteiger partial charge on any atom is -0.351 e. The highest BCUT2D eigenvalue weighted by Crippen LogP contribution is 2.30. The normalized spacial score (nSPS) is 11.8. The molecule has 0 saturated carbocycles. The van der Waals surface area contributed by atoms with Gasteiger partial charge < -0.3 is 10.2 Å². The maximum absolute atomic E-state index is 12.2. The van der Waals surface area contributed by atoms with E-state index in [1.54, 1.807) is 23.1 Å². The Morgan fingerprint density at radius 2 is 2.12 bits per heavy atom. The zero-order valence-electron chi connectivity index (χ0n) is 15.2. The number of anilines is 2. The number of nitrogens with one attached hydrogen (secondary N) is 2. The summed E-state index contributed by atoms with van der Waals surface area (Å²) in [5, 5.41) is 5.92. The van der Waals surface area contributed by atoms with Crippen molar-refractivity contribution < 1.29 is 14.5 Å². The second kappa shape index (κ2) is 9.66. The van der Waals surface area contributed by atoms with Crippen LogP contribution in [0, 0.1) is 0 Å². The molecule has 140 valence electrons. The molecule has 0 aliphatic carbocycles. The van der Waals surface area contributed by atoms with Crippen molar-refractivity contribution in [3.05, 3.63) is 40.4 Å². The van der Waals surface area contributed by atoms with Crippen LogP contribution < -0.4 is 15.1 Å². The number of carbonyl (C=O) groups is 2. The molecular formula is C18H24ClN4O2S+. The molecule has 2 amide bonds. The molecule has 0 spiro atoms. The topological polar surface area (TPSA) is 66.7 Å². The Bertz CT molecular complexity index is 765. The lowest BCUT2D eigenvalue weighted by Crippen LogP contribution is -3.11. The highest BCUT2D eigenvalue weighted by Gasteiger charge is 2.20. The summed E-state index contributed by atoms with van der Waals surface area (Å²) < 4.78 is 0. The van der Waals surface area contributed by atoms with Crippen LogP contribution in [-0.2, 0) is 16.1 Å². The van der Waals surface area contributed by atoms with Crippen LogP contribution in [0.2, 0.25) is 5.02 Å². The van der Waals surface area contributed by atoms with E-state index in [-0.39, 0.29) is 11.8 Å². The van der Waals surface area contributed by atoms with E-state index in [0.29, 0.717) is 35.5 Å². The van der Waals surface area contributed by atoms with Crippen molar-refractivity contribution in [3.8, 4) is 0 Å². The molecule has 1 aromatic carbocycles. The number of benzene rings is 1. The van der Waals surface area contributed by atoms with Crippen LogP contribution in [0.15, 0.2) is 29.6 Å². The second-order valence-electron chi connectivity index (χ2n) is 5.87. The van der Waals surface area contributed by atoms with Gasteiger partial charge in [0.15, 0.2) is 11.7 Å². The molecule has 0 aliphatic rings. The molecule has 26 heavy (non-hydrogen) atoms. The van der Waals surface area contributed by atoms with Crippen LogP contribution in [-0.4, -0.2) is 36.4 Å². The van der Waals surface area contributed by atoms with Crippen LogP contribution in [0.25, 0.3) is 0 Å². The van der Waals surface area contributed by atoms with E-state index in [9.17, 15) is 9.59 Å². The van der Waals surface area contributed by atoms with Crippen LogP contribution in [0.4, 0.5) is 10.8 Å². The van der Waals surface area contributed by atoms with Crippen molar-refractivity contribution in [2.45, 2.75) is 27.3 Å². The first-order valence-electron chi connectivity index (χ1n) is 8.55. The summed E-state index contributed by atoms with van der Waals surface area (Å²) in [5.74, 6) is -0.0979. The largest absolute Gasteiger partial charge is 0.351 e. The van der Waals surface area contributed by atoms with Gasteiger partial charge in [-0.05, 0) is 32.0 Å². The summed E-state index contributed by atoms with van der Waals surface area (Å²) in [4.78, 5) is 31.2. The fourth-order valence-electron chi connectivity index (χ4n) is 2.58. The molecule has 0 aliphatic heterocycles. The Balaban J connectivity index is 2.15. The average molecular weight is 396 g/mol. The van der Waals surface area contributed by atoms with Gasteiger partial charge in [-0.1, -0.05) is 17.7 Å². The predicted molar refractivity (Wildman–Crippen MR) is 105 cm³/mol. The zero-order valence-corrected chi connectivity index (χ0v) is 16.8. The summed E-state index contributed by atoms with van der Waals surface area (Å²) in [6.45, 7) is 7.92. The second-order valence-corrected chi connectivity index (χ2v) is 7.14. The van der Waals surface area contributed by atoms with Gasteiger partial charge in [-0.15, -0.1) is 11.3 Å². The summed E-state index contributed by atoms with van der Waals surface area (Å²) in [6, 6.07) is 7.13. The Labute approximate surface area is 162 Å². The highest BCUT2D eigenvalue weighted by molar-refractivity contribution is 7.14. The molecule has 0 fully saturated rings. The number of rotatable bonds is 8. The average Bonchev–Trinajstić information content (AvgIpc) is 3.02. The number of nitrogens with zero attached hydrogens (tertiary/aromatic N) is 2. The number of hydrogen-bond donors (Lipinski definition) is 2. The third kappa shape index (κ3) is 5.52. The van der Waals surface area contributed by atoms with Crippen LogP contribution in [0.5, 0.6) is 0 Å². The van der Waals surface area contributed by atoms with Crippen LogP contribution >= 0.6 is 22.9 Å². The van der Waals surface area contributed by atoms with E-state index in [4.69, 9.17) is 11.6 Å². The van der Waals surface area contributed by atoms with Crippen LogP contribution in [0.3, 0.4) is 0 Å². The predicted octanol–water partition coefficient (Wildman–Crippen LogP) is 2.02. The number of amides is 2. The van der Waals surface area contributed by atoms with Crippen LogP contribution in [0.1, 0.15) is 26.5 Å². The van der Waals surface area contributed by atoms with Gasteiger partial charge in [0, 0.05) is 23.9 Å². The van der Waals surface area contributed by atoms with Gasteiger partial charge in [-0.25, -0.2) is 4.98 Å².